The summed E-state index contributed by atoms with van der Waals surface area (Å²) in [6, 6.07) is 1.71. The van der Waals surface area contributed by atoms with Crippen LogP contribution in [0.5, 0.6) is 0 Å². The number of carbonyl (C=O) groups is 1. The van der Waals surface area contributed by atoms with Gasteiger partial charge in [0.05, 0.1) is 13.2 Å². The summed E-state index contributed by atoms with van der Waals surface area (Å²) in [5, 5.41) is 0. The minimum absolute atomic E-state index is 0.0293. The molecule has 0 atom stereocenters. The van der Waals surface area contributed by atoms with Crippen LogP contribution in [0.25, 0.3) is 0 Å². The molecule has 1 amide bonds. The summed E-state index contributed by atoms with van der Waals surface area (Å²) in [5.41, 5.74) is 0.503. The van der Waals surface area contributed by atoms with E-state index in [1.165, 1.54) is 6.42 Å². The van der Waals surface area contributed by atoms with Crippen LogP contribution in [0.3, 0.4) is 0 Å². The molecule has 6 heteroatoms. The van der Waals surface area contributed by atoms with Crippen molar-refractivity contribution in [3.8, 4) is 0 Å². The third kappa shape index (κ3) is 2.90. The normalized spacial score (nSPS) is 20.0. The largest absolute Gasteiger partial charge is 0.378 e. The number of aromatic nitrogens is 2. The highest BCUT2D eigenvalue weighted by atomic mass is 16.5. The maximum atomic E-state index is 12.4. The van der Waals surface area contributed by atoms with Crippen molar-refractivity contribution in [3.05, 3.63) is 18.0 Å². The molecule has 1 aromatic heterocycles. The van der Waals surface area contributed by atoms with E-state index in [4.69, 9.17) is 4.74 Å². The van der Waals surface area contributed by atoms with E-state index < -0.39 is 0 Å². The SMILES string of the molecule is O=C(c1ccnc(N2CCOCC2)n1)N1CCCCC1. The predicted molar refractivity (Wildman–Crippen MR) is 74.8 cm³/mol. The number of anilines is 1. The topological polar surface area (TPSA) is 58.6 Å². The Labute approximate surface area is 118 Å². The number of ether oxygens (including phenoxy) is 1. The number of hydrogen-bond donors (Lipinski definition) is 0. The lowest BCUT2D eigenvalue weighted by atomic mass is 10.1. The van der Waals surface area contributed by atoms with Gasteiger partial charge in [0.2, 0.25) is 5.95 Å². The third-order valence-corrected chi connectivity index (χ3v) is 3.80. The average Bonchev–Trinajstić information content (AvgIpc) is 2.56. The zero-order valence-electron chi connectivity index (χ0n) is 11.6. The summed E-state index contributed by atoms with van der Waals surface area (Å²) in [4.78, 5) is 25.1. The first-order valence-electron chi connectivity index (χ1n) is 7.29. The summed E-state index contributed by atoms with van der Waals surface area (Å²) in [6.45, 7) is 4.62. The van der Waals surface area contributed by atoms with Gasteiger partial charge in [-0.15, -0.1) is 0 Å². The van der Waals surface area contributed by atoms with Gasteiger partial charge in [-0.3, -0.25) is 4.79 Å². The average molecular weight is 276 g/mol. The number of nitrogens with zero attached hydrogens (tertiary/aromatic N) is 4. The van der Waals surface area contributed by atoms with E-state index in [0.29, 0.717) is 24.9 Å². The van der Waals surface area contributed by atoms with E-state index in [0.717, 1.165) is 39.0 Å². The Balaban J connectivity index is 1.74. The standard InChI is InChI=1S/C14H20N4O2/c19-13(17-6-2-1-3-7-17)12-4-5-15-14(16-12)18-8-10-20-11-9-18/h4-5H,1-3,6-11H2. The molecule has 3 heterocycles. The molecule has 6 nitrogen and oxygen atoms in total. The molecule has 0 aromatic carbocycles. The fraction of sp³-hybridized carbons (Fsp3) is 0.643. The van der Waals surface area contributed by atoms with Crippen LogP contribution in [-0.2, 0) is 4.74 Å². The lowest BCUT2D eigenvalue weighted by Crippen LogP contribution is -2.39. The number of amides is 1. The summed E-state index contributed by atoms with van der Waals surface area (Å²) < 4.78 is 5.32. The highest BCUT2D eigenvalue weighted by molar-refractivity contribution is 5.92. The number of likely N-dealkylation sites (tertiary alicyclic amines) is 1. The van der Waals surface area contributed by atoms with Crippen molar-refractivity contribution < 1.29 is 9.53 Å². The monoisotopic (exact) mass is 276 g/mol. The number of piperidine rings is 1. The van der Waals surface area contributed by atoms with Crippen LogP contribution in [0.15, 0.2) is 12.3 Å². The third-order valence-electron chi connectivity index (χ3n) is 3.80. The molecule has 2 aliphatic rings. The molecular formula is C14H20N4O2. The summed E-state index contributed by atoms with van der Waals surface area (Å²) in [6.07, 6.45) is 5.07. The van der Waals surface area contributed by atoms with E-state index in [2.05, 4.69) is 14.9 Å². The van der Waals surface area contributed by atoms with Gasteiger partial charge >= 0.3 is 0 Å². The molecule has 0 spiro atoms. The van der Waals surface area contributed by atoms with Gasteiger partial charge in [0.15, 0.2) is 0 Å². The Hall–Kier alpha value is -1.69. The van der Waals surface area contributed by atoms with E-state index >= 15 is 0 Å². The molecule has 0 saturated carbocycles. The van der Waals surface area contributed by atoms with Crippen molar-refractivity contribution >= 4 is 11.9 Å². The maximum absolute atomic E-state index is 12.4. The molecule has 0 aliphatic carbocycles. The minimum Gasteiger partial charge on any atom is -0.378 e. The summed E-state index contributed by atoms with van der Waals surface area (Å²) >= 11 is 0. The van der Waals surface area contributed by atoms with Crippen molar-refractivity contribution in [2.24, 2.45) is 0 Å². The predicted octanol–water partition coefficient (Wildman–Crippen LogP) is 0.939. The zero-order chi connectivity index (χ0) is 13.8. The van der Waals surface area contributed by atoms with Crippen LogP contribution >= 0.6 is 0 Å². The lowest BCUT2D eigenvalue weighted by molar-refractivity contribution is 0.0718. The first kappa shape index (κ1) is 13.3. The fourth-order valence-corrected chi connectivity index (χ4v) is 2.64. The second kappa shape index (κ2) is 6.17. The summed E-state index contributed by atoms with van der Waals surface area (Å²) in [5.74, 6) is 0.665. The van der Waals surface area contributed by atoms with Crippen LogP contribution in [0, 0.1) is 0 Å². The highest BCUT2D eigenvalue weighted by Gasteiger charge is 2.21. The molecule has 2 aliphatic heterocycles. The summed E-state index contributed by atoms with van der Waals surface area (Å²) in [7, 11) is 0. The van der Waals surface area contributed by atoms with Gasteiger partial charge in [-0.1, -0.05) is 0 Å². The minimum atomic E-state index is 0.0293. The van der Waals surface area contributed by atoms with Crippen molar-refractivity contribution in [1.29, 1.82) is 0 Å². The Morgan fingerprint density at radius 2 is 1.85 bits per heavy atom. The van der Waals surface area contributed by atoms with E-state index in [-0.39, 0.29) is 5.91 Å². The molecule has 2 fully saturated rings. The van der Waals surface area contributed by atoms with Gasteiger partial charge in [0.1, 0.15) is 5.69 Å². The van der Waals surface area contributed by atoms with E-state index in [1.807, 2.05) is 4.90 Å². The fourth-order valence-electron chi connectivity index (χ4n) is 2.64. The molecule has 0 unspecified atom stereocenters. The van der Waals surface area contributed by atoms with Crippen LogP contribution in [0.1, 0.15) is 29.8 Å². The maximum Gasteiger partial charge on any atom is 0.272 e. The molecule has 0 bridgehead atoms. The van der Waals surface area contributed by atoms with Gasteiger partial charge < -0.3 is 14.5 Å². The molecule has 20 heavy (non-hydrogen) atoms. The van der Waals surface area contributed by atoms with Gasteiger partial charge in [-0.05, 0) is 25.3 Å². The quantitative estimate of drug-likeness (QED) is 0.804. The molecule has 108 valence electrons. The van der Waals surface area contributed by atoms with Crippen molar-refractivity contribution in [3.63, 3.8) is 0 Å². The number of rotatable bonds is 2. The number of hydrogen-bond acceptors (Lipinski definition) is 5. The molecular weight excluding hydrogens is 256 g/mol. The number of carbonyl (C=O) groups excluding carboxylic acids is 1. The van der Waals surface area contributed by atoms with Crippen molar-refractivity contribution in [1.82, 2.24) is 14.9 Å². The van der Waals surface area contributed by atoms with Crippen molar-refractivity contribution in [2.45, 2.75) is 19.3 Å². The van der Waals surface area contributed by atoms with Gasteiger partial charge in [-0.2, -0.15) is 0 Å². The van der Waals surface area contributed by atoms with Gasteiger partial charge in [0, 0.05) is 32.4 Å². The van der Waals surface area contributed by atoms with Crippen LogP contribution in [0.2, 0.25) is 0 Å². The molecule has 0 radical (unpaired) electrons. The zero-order valence-corrected chi connectivity index (χ0v) is 11.6. The second-order valence-electron chi connectivity index (χ2n) is 5.19. The molecule has 1 aromatic rings. The number of morpholine rings is 1. The van der Waals surface area contributed by atoms with Crippen molar-refractivity contribution in [2.75, 3.05) is 44.3 Å². The smallest absolute Gasteiger partial charge is 0.272 e. The Morgan fingerprint density at radius 3 is 2.60 bits per heavy atom. The first-order valence-corrected chi connectivity index (χ1v) is 7.29. The van der Waals surface area contributed by atoms with Gasteiger partial charge in [0.25, 0.3) is 5.91 Å². The van der Waals surface area contributed by atoms with Crippen LogP contribution in [-0.4, -0.2) is 60.2 Å². The highest BCUT2D eigenvalue weighted by Crippen LogP contribution is 2.14. The second-order valence-corrected chi connectivity index (χ2v) is 5.19. The van der Waals surface area contributed by atoms with Gasteiger partial charge in [-0.25, -0.2) is 9.97 Å². The lowest BCUT2D eigenvalue weighted by Gasteiger charge is -2.28. The van der Waals surface area contributed by atoms with E-state index in [1.54, 1.807) is 12.3 Å². The van der Waals surface area contributed by atoms with E-state index in [9.17, 15) is 4.79 Å². The van der Waals surface area contributed by atoms with Crippen LogP contribution in [0.4, 0.5) is 5.95 Å². The Morgan fingerprint density at radius 1 is 1.10 bits per heavy atom. The van der Waals surface area contributed by atoms with Crippen LogP contribution < -0.4 is 4.90 Å². The molecule has 0 N–H and O–H groups in total. The molecule has 2 saturated heterocycles. The Kier molecular flexibility index (Phi) is 4.11. The Bertz CT molecular complexity index is 468. The molecule has 3 rings (SSSR count). The first-order chi connectivity index (χ1) is 9.84.